The number of aryl methyl sites for hydroxylation is 2. The fraction of sp³-hybridized carbons (Fsp3) is 0.278. The number of carboxylic acids is 1. The van der Waals surface area contributed by atoms with Gasteiger partial charge in [-0.15, -0.1) is 0 Å². The fourth-order valence-electron chi connectivity index (χ4n) is 2.95. The lowest BCUT2D eigenvalue weighted by molar-refractivity contribution is 0.0697. The fourth-order valence-corrected chi connectivity index (χ4v) is 2.95. The van der Waals surface area contributed by atoms with Crippen LogP contribution in [0.3, 0.4) is 0 Å². The van der Waals surface area contributed by atoms with Crippen LogP contribution >= 0.6 is 0 Å². The van der Waals surface area contributed by atoms with Crippen molar-refractivity contribution in [2.75, 3.05) is 0 Å². The standard InChI is InChI=1S/C18H18O2/c19-18(20)17-7-3-4-13(12-17)10-14-8-9-15-5-1-2-6-16(15)11-14/h3-4,7-9,11-12H,1-2,5-6,10H2,(H,19,20). The predicted molar refractivity (Wildman–Crippen MR) is 79.3 cm³/mol. The number of carboxylic acid groups (broad SMARTS) is 1. The zero-order valence-corrected chi connectivity index (χ0v) is 11.4. The van der Waals surface area contributed by atoms with E-state index in [4.69, 9.17) is 5.11 Å². The van der Waals surface area contributed by atoms with Gasteiger partial charge in [0, 0.05) is 0 Å². The lowest BCUT2D eigenvalue weighted by Gasteiger charge is -2.16. The minimum absolute atomic E-state index is 0.362. The van der Waals surface area contributed by atoms with Crippen LogP contribution in [0.15, 0.2) is 42.5 Å². The first-order chi connectivity index (χ1) is 9.72. The molecular weight excluding hydrogens is 248 g/mol. The molecule has 0 spiro atoms. The van der Waals surface area contributed by atoms with Crippen molar-refractivity contribution in [2.24, 2.45) is 0 Å². The van der Waals surface area contributed by atoms with Gasteiger partial charge in [-0.25, -0.2) is 4.79 Å². The van der Waals surface area contributed by atoms with Gasteiger partial charge in [0.1, 0.15) is 0 Å². The summed E-state index contributed by atoms with van der Waals surface area (Å²) in [7, 11) is 0. The van der Waals surface area contributed by atoms with Crippen molar-refractivity contribution in [2.45, 2.75) is 32.1 Å². The second-order valence-corrected chi connectivity index (χ2v) is 5.49. The van der Waals surface area contributed by atoms with Gasteiger partial charge in [0.05, 0.1) is 5.56 Å². The van der Waals surface area contributed by atoms with E-state index in [2.05, 4.69) is 18.2 Å². The number of hydrogen-bond acceptors (Lipinski definition) is 1. The smallest absolute Gasteiger partial charge is 0.335 e. The van der Waals surface area contributed by atoms with E-state index in [1.165, 1.54) is 42.4 Å². The molecule has 1 aliphatic rings. The number of aromatic carboxylic acids is 1. The molecular formula is C18H18O2. The van der Waals surface area contributed by atoms with Gasteiger partial charge in [0.15, 0.2) is 0 Å². The topological polar surface area (TPSA) is 37.3 Å². The molecule has 0 unspecified atom stereocenters. The van der Waals surface area contributed by atoms with Crippen LogP contribution in [0, 0.1) is 0 Å². The Morgan fingerprint density at radius 2 is 1.70 bits per heavy atom. The molecule has 0 heterocycles. The van der Waals surface area contributed by atoms with Crippen molar-refractivity contribution in [1.29, 1.82) is 0 Å². The molecule has 0 saturated carbocycles. The molecule has 20 heavy (non-hydrogen) atoms. The molecule has 2 aromatic carbocycles. The predicted octanol–water partition coefficient (Wildman–Crippen LogP) is 3.85. The molecule has 0 aromatic heterocycles. The second kappa shape index (κ2) is 5.49. The third-order valence-electron chi connectivity index (χ3n) is 4.00. The Kier molecular flexibility index (Phi) is 3.55. The zero-order chi connectivity index (χ0) is 13.9. The highest BCUT2D eigenvalue weighted by Crippen LogP contribution is 2.23. The maximum atomic E-state index is 11.0. The largest absolute Gasteiger partial charge is 0.478 e. The number of benzene rings is 2. The summed E-state index contributed by atoms with van der Waals surface area (Å²) in [5, 5.41) is 9.03. The van der Waals surface area contributed by atoms with Gasteiger partial charge in [-0.05, 0) is 66.5 Å². The van der Waals surface area contributed by atoms with E-state index in [9.17, 15) is 4.79 Å². The molecule has 0 saturated heterocycles. The average Bonchev–Trinajstić information content (AvgIpc) is 2.47. The minimum atomic E-state index is -0.864. The van der Waals surface area contributed by atoms with Crippen LogP contribution in [0.5, 0.6) is 0 Å². The first kappa shape index (κ1) is 12.9. The molecule has 1 aliphatic carbocycles. The van der Waals surface area contributed by atoms with Gasteiger partial charge >= 0.3 is 5.97 Å². The summed E-state index contributed by atoms with van der Waals surface area (Å²) in [5.74, 6) is -0.864. The van der Waals surface area contributed by atoms with Crippen molar-refractivity contribution < 1.29 is 9.90 Å². The van der Waals surface area contributed by atoms with Crippen molar-refractivity contribution in [3.8, 4) is 0 Å². The third kappa shape index (κ3) is 2.74. The lowest BCUT2D eigenvalue weighted by Crippen LogP contribution is -2.03. The molecule has 0 radical (unpaired) electrons. The quantitative estimate of drug-likeness (QED) is 0.916. The number of fused-ring (bicyclic) bond motifs is 1. The Hall–Kier alpha value is -2.09. The Morgan fingerprint density at radius 3 is 2.50 bits per heavy atom. The Balaban J connectivity index is 1.84. The van der Waals surface area contributed by atoms with Crippen LogP contribution in [0.2, 0.25) is 0 Å². The summed E-state index contributed by atoms with van der Waals surface area (Å²) in [5.41, 5.74) is 5.65. The first-order valence-corrected chi connectivity index (χ1v) is 7.15. The molecule has 0 atom stereocenters. The number of hydrogen-bond donors (Lipinski definition) is 1. The molecule has 3 rings (SSSR count). The van der Waals surface area contributed by atoms with Gasteiger partial charge in [-0.2, -0.15) is 0 Å². The highest BCUT2D eigenvalue weighted by molar-refractivity contribution is 5.87. The number of carbonyl (C=O) groups is 1. The summed E-state index contributed by atoms with van der Waals surface area (Å²) < 4.78 is 0. The highest BCUT2D eigenvalue weighted by atomic mass is 16.4. The van der Waals surface area contributed by atoms with E-state index in [-0.39, 0.29) is 0 Å². The molecule has 0 aliphatic heterocycles. The van der Waals surface area contributed by atoms with E-state index in [1.807, 2.05) is 12.1 Å². The van der Waals surface area contributed by atoms with Gasteiger partial charge in [0.25, 0.3) is 0 Å². The summed E-state index contributed by atoms with van der Waals surface area (Å²) in [4.78, 5) is 11.0. The first-order valence-electron chi connectivity index (χ1n) is 7.15. The molecule has 0 amide bonds. The molecule has 1 N–H and O–H groups in total. The van der Waals surface area contributed by atoms with Crippen molar-refractivity contribution in [3.63, 3.8) is 0 Å². The van der Waals surface area contributed by atoms with Crippen molar-refractivity contribution in [1.82, 2.24) is 0 Å². The van der Waals surface area contributed by atoms with Gasteiger partial charge < -0.3 is 5.11 Å². The van der Waals surface area contributed by atoms with Gasteiger partial charge in [0.2, 0.25) is 0 Å². The molecule has 102 valence electrons. The van der Waals surface area contributed by atoms with Crippen LogP contribution in [0.4, 0.5) is 0 Å². The second-order valence-electron chi connectivity index (χ2n) is 5.49. The maximum absolute atomic E-state index is 11.0. The third-order valence-corrected chi connectivity index (χ3v) is 4.00. The molecule has 2 nitrogen and oxygen atoms in total. The van der Waals surface area contributed by atoms with Gasteiger partial charge in [-0.1, -0.05) is 30.3 Å². The normalized spacial score (nSPS) is 13.8. The summed E-state index contributed by atoms with van der Waals surface area (Å²) in [6.07, 6.45) is 5.76. The Morgan fingerprint density at radius 1 is 0.950 bits per heavy atom. The summed E-state index contributed by atoms with van der Waals surface area (Å²) in [6.45, 7) is 0. The van der Waals surface area contributed by atoms with Crippen molar-refractivity contribution >= 4 is 5.97 Å². The summed E-state index contributed by atoms with van der Waals surface area (Å²) in [6, 6.07) is 13.9. The lowest BCUT2D eigenvalue weighted by atomic mass is 9.89. The number of rotatable bonds is 3. The van der Waals surface area contributed by atoms with E-state index in [0.717, 1.165) is 12.0 Å². The SMILES string of the molecule is O=C(O)c1cccc(Cc2ccc3c(c2)CCCC3)c1. The van der Waals surface area contributed by atoms with Crippen LogP contribution in [0.25, 0.3) is 0 Å². The van der Waals surface area contributed by atoms with Crippen molar-refractivity contribution in [3.05, 3.63) is 70.3 Å². The molecule has 2 aromatic rings. The van der Waals surface area contributed by atoms with E-state index >= 15 is 0 Å². The van der Waals surface area contributed by atoms with Gasteiger partial charge in [-0.3, -0.25) is 0 Å². The average molecular weight is 266 g/mol. The monoisotopic (exact) mass is 266 g/mol. The maximum Gasteiger partial charge on any atom is 0.335 e. The minimum Gasteiger partial charge on any atom is -0.478 e. The summed E-state index contributed by atoms with van der Waals surface area (Å²) >= 11 is 0. The highest BCUT2D eigenvalue weighted by Gasteiger charge is 2.10. The Labute approximate surface area is 119 Å². The van der Waals surface area contributed by atoms with Crippen LogP contribution < -0.4 is 0 Å². The van der Waals surface area contributed by atoms with E-state index in [1.54, 1.807) is 12.1 Å². The van der Waals surface area contributed by atoms with Crippen LogP contribution in [0.1, 0.15) is 45.5 Å². The van der Waals surface area contributed by atoms with E-state index in [0.29, 0.717) is 5.56 Å². The molecule has 0 fully saturated rings. The molecule has 2 heteroatoms. The zero-order valence-electron chi connectivity index (χ0n) is 11.4. The van der Waals surface area contributed by atoms with E-state index < -0.39 is 5.97 Å². The molecule has 0 bridgehead atoms. The van der Waals surface area contributed by atoms with Crippen LogP contribution in [-0.2, 0) is 19.3 Å². The Bertz CT molecular complexity index is 644. The van der Waals surface area contributed by atoms with Crippen LogP contribution in [-0.4, -0.2) is 11.1 Å².